The van der Waals surface area contributed by atoms with Gasteiger partial charge in [-0.15, -0.1) is 0 Å². The van der Waals surface area contributed by atoms with E-state index < -0.39 is 0 Å². The van der Waals surface area contributed by atoms with Crippen LogP contribution in [0.15, 0.2) is 29.8 Å². The summed E-state index contributed by atoms with van der Waals surface area (Å²) >= 11 is 0. The number of carbonyl (C=O) groups excluding carboxylic acids is 1. The molecule has 1 N–H and O–H groups in total. The van der Waals surface area contributed by atoms with Crippen molar-refractivity contribution >= 4 is 17.7 Å². The SMILES string of the molecule is N#C/C(=C\c1ccc(N2CCCC2)cc1)C(=O)NC[C@@H]1CCCO1. The summed E-state index contributed by atoms with van der Waals surface area (Å²) in [5.41, 5.74) is 2.19. The molecule has 0 saturated carbocycles. The lowest BCUT2D eigenvalue weighted by molar-refractivity contribution is -0.117. The average molecular weight is 325 g/mol. The molecule has 0 aromatic heterocycles. The molecule has 2 aliphatic rings. The maximum Gasteiger partial charge on any atom is 0.262 e. The number of anilines is 1. The second-order valence-corrected chi connectivity index (χ2v) is 6.30. The Morgan fingerprint density at radius 2 is 2.04 bits per heavy atom. The first-order valence-corrected chi connectivity index (χ1v) is 8.63. The lowest BCUT2D eigenvalue weighted by Gasteiger charge is -2.17. The van der Waals surface area contributed by atoms with E-state index in [4.69, 9.17) is 4.74 Å². The van der Waals surface area contributed by atoms with Crippen molar-refractivity contribution in [2.24, 2.45) is 0 Å². The van der Waals surface area contributed by atoms with E-state index in [1.807, 2.05) is 18.2 Å². The van der Waals surface area contributed by atoms with Crippen LogP contribution in [-0.4, -0.2) is 38.3 Å². The van der Waals surface area contributed by atoms with Gasteiger partial charge >= 0.3 is 0 Å². The normalized spacial score (nSPS) is 20.9. The predicted molar refractivity (Wildman–Crippen MR) is 93.5 cm³/mol. The highest BCUT2D eigenvalue weighted by molar-refractivity contribution is 6.01. The first-order chi connectivity index (χ1) is 11.8. The zero-order valence-electron chi connectivity index (χ0n) is 13.8. The Hall–Kier alpha value is -2.32. The van der Waals surface area contributed by atoms with Gasteiger partial charge in [0.05, 0.1) is 6.10 Å². The van der Waals surface area contributed by atoms with Gasteiger partial charge in [0.1, 0.15) is 11.6 Å². The van der Waals surface area contributed by atoms with E-state index in [-0.39, 0.29) is 17.6 Å². The molecule has 2 fully saturated rings. The predicted octanol–water partition coefficient (Wildman–Crippen LogP) is 2.49. The van der Waals surface area contributed by atoms with Gasteiger partial charge in [-0.1, -0.05) is 12.1 Å². The van der Waals surface area contributed by atoms with Crippen molar-refractivity contribution in [3.63, 3.8) is 0 Å². The summed E-state index contributed by atoms with van der Waals surface area (Å²) in [5.74, 6) is -0.336. The van der Waals surface area contributed by atoms with E-state index in [1.165, 1.54) is 18.5 Å². The lowest BCUT2D eigenvalue weighted by Crippen LogP contribution is -2.32. The van der Waals surface area contributed by atoms with Gasteiger partial charge in [-0.2, -0.15) is 5.26 Å². The second kappa shape index (κ2) is 7.98. The van der Waals surface area contributed by atoms with Gasteiger partial charge in [0.15, 0.2) is 0 Å². The third kappa shape index (κ3) is 4.15. The molecule has 1 aromatic carbocycles. The van der Waals surface area contributed by atoms with Gasteiger partial charge in [-0.3, -0.25) is 4.79 Å². The summed E-state index contributed by atoms with van der Waals surface area (Å²) in [6.07, 6.45) is 6.19. The van der Waals surface area contributed by atoms with Crippen molar-refractivity contribution in [1.82, 2.24) is 5.32 Å². The number of hydrogen-bond acceptors (Lipinski definition) is 4. The Morgan fingerprint density at radius 3 is 2.67 bits per heavy atom. The molecule has 5 heteroatoms. The number of rotatable bonds is 5. The van der Waals surface area contributed by atoms with Gasteiger partial charge in [-0.05, 0) is 49.5 Å². The highest BCUT2D eigenvalue weighted by Gasteiger charge is 2.17. The molecule has 0 radical (unpaired) electrons. The van der Waals surface area contributed by atoms with Gasteiger partial charge in [-0.25, -0.2) is 0 Å². The number of nitrogens with zero attached hydrogens (tertiary/aromatic N) is 2. The summed E-state index contributed by atoms with van der Waals surface area (Å²) in [6.45, 7) is 3.42. The number of hydrogen-bond donors (Lipinski definition) is 1. The van der Waals surface area contributed by atoms with Crippen LogP contribution in [0, 0.1) is 11.3 Å². The molecule has 1 amide bonds. The Balaban J connectivity index is 1.61. The van der Waals surface area contributed by atoms with Gasteiger partial charge < -0.3 is 15.0 Å². The topological polar surface area (TPSA) is 65.4 Å². The third-order valence-electron chi connectivity index (χ3n) is 4.55. The van der Waals surface area contributed by atoms with Crippen molar-refractivity contribution in [1.29, 1.82) is 5.26 Å². The average Bonchev–Trinajstić information content (AvgIpc) is 3.31. The fourth-order valence-electron chi connectivity index (χ4n) is 3.18. The standard InChI is InChI=1S/C19H23N3O2/c20-13-16(19(23)21-14-18-4-3-11-24-18)12-15-5-7-17(8-6-15)22-9-1-2-10-22/h5-8,12,18H,1-4,9-11,14H2,(H,21,23)/b16-12+/t18-/m0/s1. The van der Waals surface area contributed by atoms with Gasteiger partial charge in [0.2, 0.25) is 0 Å². The Labute approximate surface area is 142 Å². The van der Waals surface area contributed by atoms with E-state index in [0.29, 0.717) is 6.54 Å². The Bertz CT molecular complexity index is 634. The monoisotopic (exact) mass is 325 g/mol. The maximum absolute atomic E-state index is 12.1. The van der Waals surface area contributed by atoms with E-state index >= 15 is 0 Å². The van der Waals surface area contributed by atoms with Crippen LogP contribution in [-0.2, 0) is 9.53 Å². The van der Waals surface area contributed by atoms with Crippen molar-refractivity contribution in [3.05, 3.63) is 35.4 Å². The lowest BCUT2D eigenvalue weighted by atomic mass is 10.1. The van der Waals surface area contributed by atoms with Crippen LogP contribution in [0.5, 0.6) is 0 Å². The number of ether oxygens (including phenoxy) is 1. The largest absolute Gasteiger partial charge is 0.376 e. The molecule has 5 nitrogen and oxygen atoms in total. The summed E-state index contributed by atoms with van der Waals surface area (Å²) in [5, 5.41) is 12.0. The fraction of sp³-hybridized carbons (Fsp3) is 0.474. The van der Waals surface area contributed by atoms with E-state index in [1.54, 1.807) is 6.08 Å². The van der Waals surface area contributed by atoms with Gasteiger partial charge in [0, 0.05) is 31.9 Å². The molecule has 0 bridgehead atoms. The highest BCUT2D eigenvalue weighted by Crippen LogP contribution is 2.21. The molecular weight excluding hydrogens is 302 g/mol. The van der Waals surface area contributed by atoms with E-state index in [9.17, 15) is 10.1 Å². The maximum atomic E-state index is 12.1. The van der Waals surface area contributed by atoms with Crippen molar-refractivity contribution in [2.45, 2.75) is 31.8 Å². The summed E-state index contributed by atoms with van der Waals surface area (Å²) in [7, 11) is 0. The minimum atomic E-state index is -0.336. The first kappa shape index (κ1) is 16.5. The molecule has 3 rings (SSSR count). The minimum absolute atomic E-state index is 0.0774. The van der Waals surface area contributed by atoms with Crippen LogP contribution in [0.1, 0.15) is 31.2 Å². The number of benzene rings is 1. The zero-order valence-corrected chi connectivity index (χ0v) is 13.8. The molecule has 2 saturated heterocycles. The summed E-state index contributed by atoms with van der Waals surface area (Å²) in [4.78, 5) is 14.5. The second-order valence-electron chi connectivity index (χ2n) is 6.30. The van der Waals surface area contributed by atoms with Crippen LogP contribution >= 0.6 is 0 Å². The fourth-order valence-corrected chi connectivity index (χ4v) is 3.18. The van der Waals surface area contributed by atoms with Crippen LogP contribution in [0.25, 0.3) is 6.08 Å². The van der Waals surface area contributed by atoms with Crippen molar-refractivity contribution in [2.75, 3.05) is 31.1 Å². The first-order valence-electron chi connectivity index (χ1n) is 8.63. The molecular formula is C19H23N3O2. The molecule has 2 heterocycles. The quantitative estimate of drug-likeness (QED) is 0.667. The summed E-state index contributed by atoms with van der Waals surface area (Å²) < 4.78 is 5.48. The Kier molecular flexibility index (Phi) is 5.50. The van der Waals surface area contributed by atoms with Gasteiger partial charge in [0.25, 0.3) is 5.91 Å². The smallest absolute Gasteiger partial charge is 0.262 e. The molecule has 0 aliphatic carbocycles. The molecule has 1 aromatic rings. The Morgan fingerprint density at radius 1 is 1.29 bits per heavy atom. The minimum Gasteiger partial charge on any atom is -0.376 e. The molecule has 1 atom stereocenters. The van der Waals surface area contributed by atoms with E-state index in [2.05, 4.69) is 22.3 Å². The molecule has 2 aliphatic heterocycles. The number of carbonyl (C=O) groups is 1. The molecule has 24 heavy (non-hydrogen) atoms. The van der Waals surface area contributed by atoms with Crippen LogP contribution < -0.4 is 10.2 Å². The number of nitrogens with one attached hydrogen (secondary N) is 1. The van der Waals surface area contributed by atoms with Crippen LogP contribution in [0.2, 0.25) is 0 Å². The van der Waals surface area contributed by atoms with E-state index in [0.717, 1.165) is 38.1 Å². The number of nitriles is 1. The van der Waals surface area contributed by atoms with Crippen molar-refractivity contribution < 1.29 is 9.53 Å². The van der Waals surface area contributed by atoms with Crippen molar-refractivity contribution in [3.8, 4) is 6.07 Å². The van der Waals surface area contributed by atoms with Crippen LogP contribution in [0.4, 0.5) is 5.69 Å². The molecule has 0 spiro atoms. The highest BCUT2D eigenvalue weighted by atomic mass is 16.5. The summed E-state index contributed by atoms with van der Waals surface area (Å²) in [6, 6.07) is 10.0. The molecule has 0 unspecified atom stereocenters. The third-order valence-corrected chi connectivity index (χ3v) is 4.55. The molecule has 126 valence electrons. The zero-order chi connectivity index (χ0) is 16.8. The number of amides is 1. The van der Waals surface area contributed by atoms with Crippen LogP contribution in [0.3, 0.4) is 0 Å².